The molecule has 0 aliphatic rings. The number of H-pyrrole nitrogens is 1. The zero-order valence-electron chi connectivity index (χ0n) is 8.83. The first-order valence-electron chi connectivity index (χ1n) is 4.92. The fourth-order valence-corrected chi connectivity index (χ4v) is 1.62. The molecular weight excluding hydrogens is 180 g/mol. The van der Waals surface area contributed by atoms with Gasteiger partial charge in [-0.15, -0.1) is 0 Å². The van der Waals surface area contributed by atoms with Crippen molar-refractivity contribution in [2.24, 2.45) is 0 Å². The molecule has 14 heavy (non-hydrogen) atoms. The molecule has 0 atom stereocenters. The Balaban J connectivity index is 3.34. The van der Waals surface area contributed by atoms with Crippen LogP contribution in [0.2, 0.25) is 0 Å². The van der Waals surface area contributed by atoms with Crippen LogP contribution < -0.4 is 11.2 Å². The van der Waals surface area contributed by atoms with Crippen LogP contribution in [0.1, 0.15) is 38.4 Å². The van der Waals surface area contributed by atoms with Crippen LogP contribution in [0.3, 0.4) is 0 Å². The Kier molecular flexibility index (Phi) is 3.28. The molecule has 0 saturated carbocycles. The summed E-state index contributed by atoms with van der Waals surface area (Å²) < 4.78 is 1.30. The summed E-state index contributed by atoms with van der Waals surface area (Å²) in [5, 5.41) is 0. The fraction of sp³-hybridized carbons (Fsp3) is 0.600. The van der Waals surface area contributed by atoms with E-state index in [-0.39, 0.29) is 17.3 Å². The lowest BCUT2D eigenvalue weighted by molar-refractivity contribution is 0.438. The third kappa shape index (κ3) is 1.95. The monoisotopic (exact) mass is 196 g/mol. The van der Waals surface area contributed by atoms with Gasteiger partial charge in [-0.3, -0.25) is 9.36 Å². The molecule has 1 N–H and O–H groups in total. The highest BCUT2D eigenvalue weighted by Crippen LogP contribution is 2.09. The van der Waals surface area contributed by atoms with E-state index in [4.69, 9.17) is 0 Å². The van der Waals surface area contributed by atoms with E-state index in [9.17, 15) is 9.59 Å². The van der Waals surface area contributed by atoms with Crippen molar-refractivity contribution < 1.29 is 0 Å². The van der Waals surface area contributed by atoms with E-state index in [0.29, 0.717) is 5.69 Å². The summed E-state index contributed by atoms with van der Waals surface area (Å²) in [7, 11) is 0. The van der Waals surface area contributed by atoms with Crippen LogP contribution in [-0.4, -0.2) is 9.55 Å². The van der Waals surface area contributed by atoms with Gasteiger partial charge in [-0.1, -0.05) is 13.8 Å². The molecule has 0 unspecified atom stereocenters. The van der Waals surface area contributed by atoms with Crippen LogP contribution in [0.5, 0.6) is 0 Å². The number of aromatic nitrogens is 2. The van der Waals surface area contributed by atoms with Gasteiger partial charge in [0, 0.05) is 17.8 Å². The van der Waals surface area contributed by atoms with Gasteiger partial charge in [0.1, 0.15) is 0 Å². The first-order valence-corrected chi connectivity index (χ1v) is 4.92. The first kappa shape index (κ1) is 10.8. The minimum absolute atomic E-state index is 0.00634. The summed E-state index contributed by atoms with van der Waals surface area (Å²) in [6, 6.07) is 1.46. The molecule has 0 radical (unpaired) electrons. The molecule has 78 valence electrons. The number of nitrogens with zero attached hydrogens (tertiary/aromatic N) is 1. The van der Waals surface area contributed by atoms with Crippen LogP contribution in [0.25, 0.3) is 0 Å². The minimum atomic E-state index is -0.302. The third-order valence-electron chi connectivity index (χ3n) is 2.41. The van der Waals surface area contributed by atoms with Gasteiger partial charge in [0.2, 0.25) is 0 Å². The van der Waals surface area contributed by atoms with Gasteiger partial charge in [0.25, 0.3) is 5.56 Å². The maximum absolute atomic E-state index is 11.6. The van der Waals surface area contributed by atoms with Crippen molar-refractivity contribution in [3.8, 4) is 0 Å². The Morgan fingerprint density at radius 3 is 2.36 bits per heavy atom. The first-order chi connectivity index (χ1) is 6.60. The highest BCUT2D eigenvalue weighted by molar-refractivity contribution is 4.97. The zero-order valence-corrected chi connectivity index (χ0v) is 8.83. The average molecular weight is 196 g/mol. The van der Waals surface area contributed by atoms with Crippen molar-refractivity contribution in [3.63, 3.8) is 0 Å². The zero-order chi connectivity index (χ0) is 10.7. The summed E-state index contributed by atoms with van der Waals surface area (Å²) in [6.45, 7) is 5.65. The van der Waals surface area contributed by atoms with Crippen molar-refractivity contribution in [2.45, 2.75) is 39.7 Å². The van der Waals surface area contributed by atoms with Crippen molar-refractivity contribution in [1.29, 1.82) is 0 Å². The Morgan fingerprint density at radius 2 is 1.93 bits per heavy atom. The maximum atomic E-state index is 11.6. The van der Waals surface area contributed by atoms with Gasteiger partial charge in [-0.2, -0.15) is 0 Å². The number of nitrogens with one attached hydrogen (secondary N) is 1. The minimum Gasteiger partial charge on any atom is -0.311 e. The van der Waals surface area contributed by atoms with Crippen molar-refractivity contribution in [1.82, 2.24) is 9.55 Å². The van der Waals surface area contributed by atoms with E-state index in [2.05, 4.69) is 4.98 Å². The van der Waals surface area contributed by atoms with Gasteiger partial charge in [0.15, 0.2) is 0 Å². The normalized spacial score (nSPS) is 10.9. The van der Waals surface area contributed by atoms with Gasteiger partial charge in [0.05, 0.1) is 0 Å². The van der Waals surface area contributed by atoms with E-state index in [1.54, 1.807) is 6.92 Å². The molecular formula is C10H16N2O2. The highest BCUT2D eigenvalue weighted by atomic mass is 16.2. The SMILES string of the molecule is CCC(CC)n1c(=O)cc(C)[nH]c1=O. The van der Waals surface area contributed by atoms with Crippen LogP contribution >= 0.6 is 0 Å². The molecule has 1 heterocycles. The van der Waals surface area contributed by atoms with Crippen LogP contribution in [0, 0.1) is 6.92 Å². The fourth-order valence-electron chi connectivity index (χ4n) is 1.62. The molecule has 1 rings (SSSR count). The Labute approximate surface area is 82.6 Å². The Morgan fingerprint density at radius 1 is 1.36 bits per heavy atom. The average Bonchev–Trinajstić information content (AvgIpc) is 2.10. The summed E-state index contributed by atoms with van der Waals surface area (Å²) in [5.74, 6) is 0. The molecule has 1 aromatic heterocycles. The number of hydrogen-bond donors (Lipinski definition) is 1. The van der Waals surface area contributed by atoms with Gasteiger partial charge in [-0.25, -0.2) is 4.79 Å². The molecule has 4 nitrogen and oxygen atoms in total. The van der Waals surface area contributed by atoms with E-state index in [0.717, 1.165) is 12.8 Å². The molecule has 4 heteroatoms. The lowest BCUT2D eigenvalue weighted by Gasteiger charge is -2.14. The predicted molar refractivity (Wildman–Crippen MR) is 55.7 cm³/mol. The topological polar surface area (TPSA) is 54.9 Å². The molecule has 1 aromatic rings. The Bertz CT molecular complexity index is 382. The molecule has 0 fully saturated rings. The highest BCUT2D eigenvalue weighted by Gasteiger charge is 2.11. The summed E-state index contributed by atoms with van der Waals surface area (Å²) in [5.41, 5.74) is 0.103. The van der Waals surface area contributed by atoms with E-state index in [1.165, 1.54) is 10.6 Å². The number of aryl methyl sites for hydroxylation is 1. The molecule has 0 aliphatic carbocycles. The molecule has 0 aromatic carbocycles. The second-order valence-corrected chi connectivity index (χ2v) is 3.44. The second-order valence-electron chi connectivity index (χ2n) is 3.44. The summed E-state index contributed by atoms with van der Waals surface area (Å²) in [4.78, 5) is 25.7. The molecule has 0 saturated heterocycles. The molecule has 0 amide bonds. The third-order valence-corrected chi connectivity index (χ3v) is 2.41. The summed E-state index contributed by atoms with van der Waals surface area (Å²) >= 11 is 0. The maximum Gasteiger partial charge on any atom is 0.328 e. The van der Waals surface area contributed by atoms with Gasteiger partial charge < -0.3 is 4.98 Å². The number of aromatic amines is 1. The van der Waals surface area contributed by atoms with Gasteiger partial charge >= 0.3 is 5.69 Å². The lowest BCUT2D eigenvalue weighted by atomic mass is 10.2. The lowest BCUT2D eigenvalue weighted by Crippen LogP contribution is -2.37. The largest absolute Gasteiger partial charge is 0.328 e. The quantitative estimate of drug-likeness (QED) is 0.789. The van der Waals surface area contributed by atoms with Crippen LogP contribution in [-0.2, 0) is 0 Å². The van der Waals surface area contributed by atoms with Crippen molar-refractivity contribution >= 4 is 0 Å². The van der Waals surface area contributed by atoms with Gasteiger partial charge in [-0.05, 0) is 19.8 Å². The number of hydrogen-bond acceptors (Lipinski definition) is 2. The molecule has 0 spiro atoms. The van der Waals surface area contributed by atoms with Crippen LogP contribution in [0.15, 0.2) is 15.7 Å². The van der Waals surface area contributed by atoms with E-state index >= 15 is 0 Å². The van der Waals surface area contributed by atoms with Crippen molar-refractivity contribution in [3.05, 3.63) is 32.6 Å². The predicted octanol–water partition coefficient (Wildman–Crippen LogP) is 1.21. The molecule has 0 bridgehead atoms. The summed E-state index contributed by atoms with van der Waals surface area (Å²) in [6.07, 6.45) is 1.59. The van der Waals surface area contributed by atoms with E-state index < -0.39 is 0 Å². The second kappa shape index (κ2) is 4.26. The van der Waals surface area contributed by atoms with E-state index in [1.807, 2.05) is 13.8 Å². The van der Waals surface area contributed by atoms with Crippen LogP contribution in [0.4, 0.5) is 0 Å². The smallest absolute Gasteiger partial charge is 0.311 e. The van der Waals surface area contributed by atoms with Crippen molar-refractivity contribution in [2.75, 3.05) is 0 Å². The number of rotatable bonds is 3. The molecule has 0 aliphatic heterocycles. The Hall–Kier alpha value is -1.32. The standard InChI is InChI=1S/C10H16N2O2/c1-4-8(5-2)12-9(13)6-7(3)11-10(12)14/h6,8H,4-5H2,1-3H3,(H,11,14).